The van der Waals surface area contributed by atoms with E-state index in [9.17, 15) is 5.11 Å². The van der Waals surface area contributed by atoms with Crippen LogP contribution in [0.1, 0.15) is 49.5 Å². The molecule has 3 rings (SSSR count). The number of nitrogens with one attached hydrogen (secondary N) is 1. The molecule has 2 aliphatic rings. The third-order valence-corrected chi connectivity index (χ3v) is 4.36. The first kappa shape index (κ1) is 12.2. The van der Waals surface area contributed by atoms with E-state index in [2.05, 4.69) is 28.1 Å². The molecule has 0 aromatic carbocycles. The number of nitrogens with zero attached hydrogens (tertiary/aromatic N) is 2. The molecule has 4 heteroatoms. The first-order valence-electron chi connectivity index (χ1n) is 7.03. The Balaban J connectivity index is 1.74. The van der Waals surface area contributed by atoms with Gasteiger partial charge in [0.1, 0.15) is 0 Å². The molecule has 2 aliphatic carbocycles. The SMILES string of the molecule is Cc1cc(C)n(C2CCC(CO)(NC3CC3)C2)n1. The summed E-state index contributed by atoms with van der Waals surface area (Å²) >= 11 is 0. The highest BCUT2D eigenvalue weighted by Gasteiger charge is 2.43. The second-order valence-electron chi connectivity index (χ2n) is 6.13. The third kappa shape index (κ3) is 2.19. The van der Waals surface area contributed by atoms with Gasteiger partial charge in [-0.3, -0.25) is 4.68 Å². The highest BCUT2D eigenvalue weighted by atomic mass is 16.3. The van der Waals surface area contributed by atoms with Crippen LogP contribution >= 0.6 is 0 Å². The van der Waals surface area contributed by atoms with Gasteiger partial charge in [0, 0.05) is 17.3 Å². The Morgan fingerprint density at radius 1 is 1.44 bits per heavy atom. The van der Waals surface area contributed by atoms with E-state index in [0.717, 1.165) is 25.0 Å². The van der Waals surface area contributed by atoms with Gasteiger partial charge >= 0.3 is 0 Å². The molecule has 2 atom stereocenters. The van der Waals surface area contributed by atoms with Crippen LogP contribution in [0.25, 0.3) is 0 Å². The molecule has 2 saturated carbocycles. The van der Waals surface area contributed by atoms with Crippen molar-refractivity contribution >= 4 is 0 Å². The lowest BCUT2D eigenvalue weighted by Crippen LogP contribution is -2.47. The molecular formula is C14H23N3O. The molecule has 0 radical (unpaired) electrons. The topological polar surface area (TPSA) is 50.1 Å². The van der Waals surface area contributed by atoms with Gasteiger partial charge in [-0.05, 0) is 52.0 Å². The lowest BCUT2D eigenvalue weighted by Gasteiger charge is -2.29. The molecule has 1 aromatic heterocycles. The van der Waals surface area contributed by atoms with Gasteiger partial charge in [-0.1, -0.05) is 0 Å². The molecule has 2 N–H and O–H groups in total. The Morgan fingerprint density at radius 3 is 2.78 bits per heavy atom. The van der Waals surface area contributed by atoms with Gasteiger partial charge in [-0.25, -0.2) is 0 Å². The zero-order chi connectivity index (χ0) is 12.8. The van der Waals surface area contributed by atoms with Crippen molar-refractivity contribution in [1.82, 2.24) is 15.1 Å². The van der Waals surface area contributed by atoms with E-state index in [1.807, 2.05) is 6.92 Å². The molecule has 0 aliphatic heterocycles. The summed E-state index contributed by atoms with van der Waals surface area (Å²) in [7, 11) is 0. The second-order valence-corrected chi connectivity index (χ2v) is 6.13. The lowest BCUT2D eigenvalue weighted by molar-refractivity contribution is 0.158. The monoisotopic (exact) mass is 249 g/mol. The second kappa shape index (κ2) is 4.35. The van der Waals surface area contributed by atoms with E-state index in [-0.39, 0.29) is 12.1 Å². The van der Waals surface area contributed by atoms with Gasteiger partial charge in [0.25, 0.3) is 0 Å². The maximum absolute atomic E-state index is 9.74. The molecular weight excluding hydrogens is 226 g/mol. The minimum atomic E-state index is -0.0574. The van der Waals surface area contributed by atoms with Crippen LogP contribution in [0.5, 0.6) is 0 Å². The average Bonchev–Trinajstić information content (AvgIpc) is 2.93. The third-order valence-electron chi connectivity index (χ3n) is 4.36. The molecule has 2 fully saturated rings. The van der Waals surface area contributed by atoms with E-state index < -0.39 is 0 Å². The zero-order valence-corrected chi connectivity index (χ0v) is 11.3. The van der Waals surface area contributed by atoms with Gasteiger partial charge in [0.15, 0.2) is 0 Å². The van der Waals surface area contributed by atoms with E-state index in [1.165, 1.54) is 18.5 Å². The Morgan fingerprint density at radius 2 is 2.22 bits per heavy atom. The van der Waals surface area contributed by atoms with Crippen LogP contribution in [-0.4, -0.2) is 33.1 Å². The first-order chi connectivity index (χ1) is 8.62. The lowest BCUT2D eigenvalue weighted by atomic mass is 9.98. The smallest absolute Gasteiger partial charge is 0.0614 e. The van der Waals surface area contributed by atoms with Gasteiger partial charge in [-0.15, -0.1) is 0 Å². The summed E-state index contributed by atoms with van der Waals surface area (Å²) in [4.78, 5) is 0. The van der Waals surface area contributed by atoms with Crippen LogP contribution in [0.15, 0.2) is 6.07 Å². The van der Waals surface area contributed by atoms with Crippen molar-refractivity contribution < 1.29 is 5.11 Å². The van der Waals surface area contributed by atoms with Gasteiger partial charge in [-0.2, -0.15) is 5.10 Å². The van der Waals surface area contributed by atoms with Crippen LogP contribution in [0.2, 0.25) is 0 Å². The molecule has 1 heterocycles. The fourth-order valence-electron chi connectivity index (χ4n) is 3.30. The Kier molecular flexibility index (Phi) is 2.94. The molecule has 100 valence electrons. The number of aliphatic hydroxyl groups is 1. The summed E-state index contributed by atoms with van der Waals surface area (Å²) in [5, 5.41) is 18.0. The van der Waals surface area contributed by atoms with Crippen molar-refractivity contribution in [3.05, 3.63) is 17.5 Å². The summed E-state index contributed by atoms with van der Waals surface area (Å²) in [6.07, 6.45) is 5.71. The number of hydrogen-bond donors (Lipinski definition) is 2. The van der Waals surface area contributed by atoms with E-state index in [4.69, 9.17) is 0 Å². The highest BCUT2D eigenvalue weighted by Crippen LogP contribution is 2.40. The first-order valence-corrected chi connectivity index (χ1v) is 7.03. The van der Waals surface area contributed by atoms with Crippen molar-refractivity contribution in [3.63, 3.8) is 0 Å². The zero-order valence-electron chi connectivity index (χ0n) is 11.3. The standard InChI is InChI=1S/C14H23N3O/c1-10-7-11(2)17(16-10)13-5-6-14(8-13,9-18)15-12-3-4-12/h7,12-13,15,18H,3-6,8-9H2,1-2H3. The van der Waals surface area contributed by atoms with Crippen molar-refractivity contribution in [2.24, 2.45) is 0 Å². The fraction of sp³-hybridized carbons (Fsp3) is 0.786. The number of rotatable bonds is 4. The van der Waals surface area contributed by atoms with Gasteiger partial charge in [0.2, 0.25) is 0 Å². The van der Waals surface area contributed by atoms with Crippen LogP contribution < -0.4 is 5.32 Å². The van der Waals surface area contributed by atoms with Crippen molar-refractivity contribution in [2.45, 2.75) is 63.6 Å². The number of hydrogen-bond acceptors (Lipinski definition) is 3. The number of aryl methyl sites for hydroxylation is 2. The maximum atomic E-state index is 9.74. The van der Waals surface area contributed by atoms with Crippen LogP contribution in [0.3, 0.4) is 0 Å². The minimum Gasteiger partial charge on any atom is -0.394 e. The molecule has 18 heavy (non-hydrogen) atoms. The maximum Gasteiger partial charge on any atom is 0.0614 e. The quantitative estimate of drug-likeness (QED) is 0.854. The molecule has 1 aromatic rings. The van der Waals surface area contributed by atoms with Gasteiger partial charge < -0.3 is 10.4 Å². The Bertz CT molecular complexity index is 438. The Labute approximate surface area is 108 Å². The highest BCUT2D eigenvalue weighted by molar-refractivity contribution is 5.10. The molecule has 0 saturated heterocycles. The molecule has 0 amide bonds. The van der Waals surface area contributed by atoms with E-state index in [0.29, 0.717) is 12.1 Å². The summed E-state index contributed by atoms with van der Waals surface area (Å²) in [5.41, 5.74) is 2.26. The Hall–Kier alpha value is -0.870. The minimum absolute atomic E-state index is 0.0574. The van der Waals surface area contributed by atoms with Gasteiger partial charge in [0.05, 0.1) is 18.3 Å². The number of aliphatic hydroxyl groups excluding tert-OH is 1. The molecule has 2 unspecified atom stereocenters. The van der Waals surface area contributed by atoms with E-state index in [1.54, 1.807) is 0 Å². The average molecular weight is 249 g/mol. The molecule has 0 spiro atoms. The molecule has 4 nitrogen and oxygen atoms in total. The summed E-state index contributed by atoms with van der Waals surface area (Å²) in [5.74, 6) is 0. The predicted octanol–water partition coefficient (Wildman–Crippen LogP) is 1.71. The van der Waals surface area contributed by atoms with Crippen molar-refractivity contribution in [1.29, 1.82) is 0 Å². The fourth-order valence-corrected chi connectivity index (χ4v) is 3.30. The van der Waals surface area contributed by atoms with Crippen molar-refractivity contribution in [2.75, 3.05) is 6.61 Å². The number of aromatic nitrogens is 2. The van der Waals surface area contributed by atoms with Crippen molar-refractivity contribution in [3.8, 4) is 0 Å². The van der Waals surface area contributed by atoms with Crippen LogP contribution in [-0.2, 0) is 0 Å². The molecule has 0 bridgehead atoms. The van der Waals surface area contributed by atoms with Crippen LogP contribution in [0, 0.1) is 13.8 Å². The summed E-state index contributed by atoms with van der Waals surface area (Å²) in [6, 6.07) is 3.22. The predicted molar refractivity (Wildman–Crippen MR) is 70.6 cm³/mol. The normalized spacial score (nSPS) is 32.1. The summed E-state index contributed by atoms with van der Waals surface area (Å²) < 4.78 is 2.15. The summed E-state index contributed by atoms with van der Waals surface area (Å²) in [6.45, 7) is 4.41. The van der Waals surface area contributed by atoms with E-state index >= 15 is 0 Å². The largest absolute Gasteiger partial charge is 0.394 e. The van der Waals surface area contributed by atoms with Crippen LogP contribution in [0.4, 0.5) is 0 Å².